The number of hydrogen-bond acceptors (Lipinski definition) is 5. The van der Waals surface area contributed by atoms with Gasteiger partial charge in [-0.1, -0.05) is 54.1 Å². The number of carbonyl (C=O) groups excluding carboxylic acids is 1. The number of aliphatic hydroxyl groups is 1. The van der Waals surface area contributed by atoms with Gasteiger partial charge in [0.05, 0.1) is 19.8 Å². The van der Waals surface area contributed by atoms with Gasteiger partial charge in [-0.25, -0.2) is 4.79 Å². The Kier molecular flexibility index (Phi) is 7.93. The van der Waals surface area contributed by atoms with E-state index in [2.05, 4.69) is 0 Å². The van der Waals surface area contributed by atoms with E-state index in [1.165, 1.54) is 0 Å². The Morgan fingerprint density at radius 1 is 1.00 bits per heavy atom. The fraction of sp³-hybridized carbons (Fsp3) is 0.240. The zero-order valence-corrected chi connectivity index (χ0v) is 18.3. The summed E-state index contributed by atoms with van der Waals surface area (Å²) in [6, 6.07) is 23.8. The third kappa shape index (κ3) is 5.78. The largest absolute Gasteiger partial charge is 0.497 e. The van der Waals surface area contributed by atoms with Crippen LogP contribution in [-0.2, 0) is 16.1 Å². The normalized spacial score (nSPS) is 12.6. The highest BCUT2D eigenvalue weighted by molar-refractivity contribution is 6.30. The zero-order chi connectivity index (χ0) is 22.2. The molecule has 162 valence electrons. The lowest BCUT2D eigenvalue weighted by atomic mass is 9.97. The minimum absolute atomic E-state index is 0.192. The second-order valence-electron chi connectivity index (χ2n) is 7.00. The van der Waals surface area contributed by atoms with Crippen LogP contribution in [0.25, 0.3) is 0 Å². The zero-order valence-electron chi connectivity index (χ0n) is 17.6. The van der Waals surface area contributed by atoms with Gasteiger partial charge in [0.1, 0.15) is 5.75 Å². The lowest BCUT2D eigenvalue weighted by molar-refractivity contribution is -0.154. The average Bonchev–Trinajstić information content (AvgIpc) is 2.81. The van der Waals surface area contributed by atoms with Crippen molar-refractivity contribution in [1.29, 1.82) is 0 Å². The van der Waals surface area contributed by atoms with Crippen LogP contribution in [0, 0.1) is 0 Å². The quantitative estimate of drug-likeness (QED) is 0.474. The fourth-order valence-corrected chi connectivity index (χ4v) is 3.58. The van der Waals surface area contributed by atoms with Gasteiger partial charge in [0.2, 0.25) is 0 Å². The summed E-state index contributed by atoms with van der Waals surface area (Å²) in [6.45, 7) is 2.35. The second kappa shape index (κ2) is 10.8. The van der Waals surface area contributed by atoms with Crippen molar-refractivity contribution >= 4 is 23.3 Å². The smallest absolute Gasteiger partial charge is 0.337 e. The fourth-order valence-electron chi connectivity index (χ4n) is 3.45. The number of anilines is 1. The topological polar surface area (TPSA) is 59.0 Å². The summed E-state index contributed by atoms with van der Waals surface area (Å²) in [6.07, 6.45) is -1.38. The van der Waals surface area contributed by atoms with Crippen LogP contribution >= 0.6 is 11.6 Å². The minimum Gasteiger partial charge on any atom is -0.497 e. The Balaban J connectivity index is 2.08. The summed E-state index contributed by atoms with van der Waals surface area (Å²) in [5.74, 6) is 0.0587. The SMILES string of the molecule is CCOC(=O)[C@@H](O)[C@@H](c1ccccc1)N(Cc1ccc(Cl)cc1)c1ccc(OC)cc1. The summed E-state index contributed by atoms with van der Waals surface area (Å²) < 4.78 is 10.4. The molecule has 0 aliphatic heterocycles. The Morgan fingerprint density at radius 3 is 2.23 bits per heavy atom. The number of benzene rings is 3. The number of methoxy groups -OCH3 is 1. The monoisotopic (exact) mass is 439 g/mol. The highest BCUT2D eigenvalue weighted by Gasteiger charge is 2.34. The van der Waals surface area contributed by atoms with Crippen molar-refractivity contribution in [3.8, 4) is 5.75 Å². The molecule has 3 aromatic carbocycles. The van der Waals surface area contributed by atoms with E-state index >= 15 is 0 Å². The predicted molar refractivity (Wildman–Crippen MR) is 122 cm³/mol. The number of aliphatic hydroxyl groups excluding tert-OH is 1. The van der Waals surface area contributed by atoms with Crippen molar-refractivity contribution in [2.24, 2.45) is 0 Å². The number of rotatable bonds is 9. The molecule has 0 spiro atoms. The Labute approximate surface area is 187 Å². The molecule has 5 nitrogen and oxygen atoms in total. The van der Waals surface area contributed by atoms with Crippen molar-refractivity contribution in [2.75, 3.05) is 18.6 Å². The van der Waals surface area contributed by atoms with Gasteiger partial charge < -0.3 is 19.5 Å². The van der Waals surface area contributed by atoms with Gasteiger partial charge >= 0.3 is 5.97 Å². The molecule has 3 rings (SSSR count). The van der Waals surface area contributed by atoms with E-state index in [0.29, 0.717) is 11.6 Å². The third-order valence-electron chi connectivity index (χ3n) is 4.97. The molecule has 0 aromatic heterocycles. The molecular formula is C25H26ClNO4. The van der Waals surface area contributed by atoms with Gasteiger partial charge in [-0.05, 0) is 54.4 Å². The van der Waals surface area contributed by atoms with E-state index in [1.807, 2.05) is 83.8 Å². The van der Waals surface area contributed by atoms with E-state index in [4.69, 9.17) is 21.1 Å². The van der Waals surface area contributed by atoms with E-state index in [0.717, 1.165) is 22.6 Å². The maximum atomic E-state index is 12.6. The van der Waals surface area contributed by atoms with Crippen LogP contribution in [0.3, 0.4) is 0 Å². The number of esters is 1. The lowest BCUT2D eigenvalue weighted by Crippen LogP contribution is -2.41. The van der Waals surface area contributed by atoms with Crippen molar-refractivity contribution < 1.29 is 19.4 Å². The van der Waals surface area contributed by atoms with Crippen LogP contribution in [0.15, 0.2) is 78.9 Å². The van der Waals surface area contributed by atoms with Gasteiger partial charge in [0.25, 0.3) is 0 Å². The highest BCUT2D eigenvalue weighted by Crippen LogP contribution is 2.33. The van der Waals surface area contributed by atoms with Crippen molar-refractivity contribution in [2.45, 2.75) is 25.6 Å². The molecular weight excluding hydrogens is 414 g/mol. The maximum absolute atomic E-state index is 12.6. The molecule has 0 amide bonds. The van der Waals surface area contributed by atoms with Crippen LogP contribution in [0.1, 0.15) is 24.1 Å². The van der Waals surface area contributed by atoms with E-state index in [9.17, 15) is 9.90 Å². The molecule has 0 bridgehead atoms. The van der Waals surface area contributed by atoms with Crippen LogP contribution in [0.5, 0.6) is 5.75 Å². The minimum atomic E-state index is -1.38. The molecule has 0 saturated carbocycles. The van der Waals surface area contributed by atoms with Gasteiger partial charge in [-0.2, -0.15) is 0 Å². The number of carbonyl (C=O) groups is 1. The first-order chi connectivity index (χ1) is 15.0. The molecule has 0 fully saturated rings. The van der Waals surface area contributed by atoms with Gasteiger partial charge in [-0.15, -0.1) is 0 Å². The van der Waals surface area contributed by atoms with E-state index < -0.39 is 18.1 Å². The third-order valence-corrected chi connectivity index (χ3v) is 5.23. The maximum Gasteiger partial charge on any atom is 0.337 e. The number of halogens is 1. The summed E-state index contributed by atoms with van der Waals surface area (Å²) in [5.41, 5.74) is 2.61. The molecule has 0 saturated heterocycles. The predicted octanol–water partition coefficient (Wildman–Crippen LogP) is 5.02. The molecule has 31 heavy (non-hydrogen) atoms. The van der Waals surface area contributed by atoms with Crippen LogP contribution in [0.2, 0.25) is 5.02 Å². The second-order valence-corrected chi connectivity index (χ2v) is 7.44. The Bertz CT molecular complexity index is 961. The first-order valence-electron chi connectivity index (χ1n) is 10.1. The van der Waals surface area contributed by atoms with E-state index in [-0.39, 0.29) is 6.61 Å². The average molecular weight is 440 g/mol. The van der Waals surface area contributed by atoms with Crippen LogP contribution in [0.4, 0.5) is 5.69 Å². The standard InChI is InChI=1S/C25H26ClNO4/c1-3-31-25(29)24(28)23(19-7-5-4-6-8-19)27(17-18-9-11-20(26)12-10-18)21-13-15-22(30-2)16-14-21/h4-16,23-24,28H,3,17H2,1-2H3/t23-,24+/m1/s1. The lowest BCUT2D eigenvalue weighted by Gasteiger charge is -2.36. The molecule has 0 heterocycles. The first-order valence-corrected chi connectivity index (χ1v) is 10.5. The van der Waals surface area contributed by atoms with Gasteiger partial charge in [-0.3, -0.25) is 0 Å². The first kappa shape index (κ1) is 22.7. The summed E-state index contributed by atoms with van der Waals surface area (Å²) in [5, 5.41) is 11.7. The molecule has 0 aliphatic carbocycles. The molecule has 6 heteroatoms. The van der Waals surface area contributed by atoms with Crippen LogP contribution in [-0.4, -0.2) is 30.9 Å². The summed E-state index contributed by atoms with van der Waals surface area (Å²) >= 11 is 6.06. The molecule has 1 N–H and O–H groups in total. The van der Waals surface area contributed by atoms with E-state index in [1.54, 1.807) is 14.0 Å². The molecule has 0 unspecified atom stereocenters. The summed E-state index contributed by atoms with van der Waals surface area (Å²) in [4.78, 5) is 14.5. The van der Waals surface area contributed by atoms with Gasteiger partial charge in [0, 0.05) is 17.3 Å². The van der Waals surface area contributed by atoms with Crippen molar-refractivity contribution in [3.63, 3.8) is 0 Å². The highest BCUT2D eigenvalue weighted by atomic mass is 35.5. The molecule has 3 aromatic rings. The van der Waals surface area contributed by atoms with Crippen LogP contribution < -0.4 is 9.64 Å². The number of hydrogen-bond donors (Lipinski definition) is 1. The van der Waals surface area contributed by atoms with Gasteiger partial charge in [0.15, 0.2) is 6.10 Å². The number of nitrogens with zero attached hydrogens (tertiary/aromatic N) is 1. The Morgan fingerprint density at radius 2 is 1.65 bits per heavy atom. The molecule has 2 atom stereocenters. The summed E-state index contributed by atoms with van der Waals surface area (Å²) in [7, 11) is 1.61. The Hall–Kier alpha value is -3.02. The van der Waals surface area contributed by atoms with Crippen molar-refractivity contribution in [3.05, 3.63) is 95.0 Å². The number of ether oxygens (including phenoxy) is 2. The molecule has 0 aliphatic rings. The van der Waals surface area contributed by atoms with Crippen molar-refractivity contribution in [1.82, 2.24) is 0 Å². The molecule has 0 radical (unpaired) electrons.